The molecule has 0 aliphatic rings. The average Bonchev–Trinajstić information content (AvgIpc) is 2.73. The molecule has 0 aliphatic carbocycles. The van der Waals surface area contributed by atoms with Gasteiger partial charge in [-0.05, 0) is 53.9 Å². The summed E-state index contributed by atoms with van der Waals surface area (Å²) >= 11 is 0. The molecule has 0 bridgehead atoms. The van der Waals surface area contributed by atoms with E-state index in [1.807, 2.05) is 13.0 Å². The summed E-state index contributed by atoms with van der Waals surface area (Å²) in [6, 6.07) is 8.26. The highest BCUT2D eigenvalue weighted by Crippen LogP contribution is 2.32. The number of carbonyl (C=O) groups excluding carboxylic acids is 1. The Morgan fingerprint density at radius 1 is 0.964 bits per heavy atom. The molecule has 2 aromatic carbocycles. The van der Waals surface area contributed by atoms with Crippen molar-refractivity contribution in [2.75, 3.05) is 7.11 Å². The minimum atomic E-state index is -1.92. The summed E-state index contributed by atoms with van der Waals surface area (Å²) in [5.74, 6) is -7.64. The van der Waals surface area contributed by atoms with Gasteiger partial charge in [-0.25, -0.2) is 22.4 Å². The van der Waals surface area contributed by atoms with Crippen molar-refractivity contribution in [3.05, 3.63) is 77.0 Å². The topological polar surface area (TPSA) is 39.2 Å². The first-order chi connectivity index (χ1) is 13.3. The second kappa shape index (κ2) is 7.80. The van der Waals surface area contributed by atoms with Crippen molar-refractivity contribution >= 4 is 5.97 Å². The van der Waals surface area contributed by atoms with Crippen LogP contribution >= 0.6 is 0 Å². The second-order valence-electron chi connectivity index (χ2n) is 6.04. The predicted molar refractivity (Wildman–Crippen MR) is 95.7 cm³/mol. The fourth-order valence-electron chi connectivity index (χ4n) is 2.80. The SMILES string of the molecule is CCc1ccnc(-c2cc(C(=O)OC)cc(-c3cc(F)c(F)c(F)c3F)c2)c1. The van der Waals surface area contributed by atoms with Crippen LogP contribution in [0.15, 0.2) is 42.6 Å². The van der Waals surface area contributed by atoms with E-state index >= 15 is 0 Å². The Morgan fingerprint density at radius 3 is 2.36 bits per heavy atom. The fraction of sp³-hybridized carbons (Fsp3) is 0.143. The highest BCUT2D eigenvalue weighted by molar-refractivity contribution is 5.93. The zero-order valence-electron chi connectivity index (χ0n) is 15.0. The third kappa shape index (κ3) is 3.60. The summed E-state index contributed by atoms with van der Waals surface area (Å²) in [7, 11) is 1.17. The van der Waals surface area contributed by atoms with Gasteiger partial charge in [-0.15, -0.1) is 0 Å². The van der Waals surface area contributed by atoms with E-state index < -0.39 is 34.8 Å². The number of benzene rings is 2. The maximum atomic E-state index is 14.3. The van der Waals surface area contributed by atoms with E-state index in [1.165, 1.54) is 25.3 Å². The molecule has 3 nitrogen and oxygen atoms in total. The third-order valence-electron chi connectivity index (χ3n) is 4.30. The van der Waals surface area contributed by atoms with Crippen LogP contribution in [0.3, 0.4) is 0 Å². The maximum Gasteiger partial charge on any atom is 0.337 e. The van der Waals surface area contributed by atoms with E-state index in [1.54, 1.807) is 12.3 Å². The van der Waals surface area contributed by atoms with Gasteiger partial charge in [-0.3, -0.25) is 4.98 Å². The van der Waals surface area contributed by atoms with E-state index in [9.17, 15) is 22.4 Å². The van der Waals surface area contributed by atoms with Gasteiger partial charge >= 0.3 is 5.97 Å². The molecule has 0 N–H and O–H groups in total. The van der Waals surface area contributed by atoms with Crippen molar-refractivity contribution < 1.29 is 27.1 Å². The van der Waals surface area contributed by atoms with Crippen LogP contribution in [0.5, 0.6) is 0 Å². The number of hydrogen-bond acceptors (Lipinski definition) is 3. The Labute approximate surface area is 158 Å². The third-order valence-corrected chi connectivity index (χ3v) is 4.30. The molecule has 28 heavy (non-hydrogen) atoms. The summed E-state index contributed by atoms with van der Waals surface area (Å²) in [6.45, 7) is 1.95. The summed E-state index contributed by atoms with van der Waals surface area (Å²) in [5, 5.41) is 0. The van der Waals surface area contributed by atoms with Crippen LogP contribution in [0.4, 0.5) is 17.6 Å². The van der Waals surface area contributed by atoms with Crippen LogP contribution in [-0.4, -0.2) is 18.1 Å². The van der Waals surface area contributed by atoms with E-state index in [0.717, 1.165) is 12.0 Å². The Bertz CT molecular complexity index is 1070. The average molecular weight is 389 g/mol. The van der Waals surface area contributed by atoms with Gasteiger partial charge < -0.3 is 4.74 Å². The first-order valence-corrected chi connectivity index (χ1v) is 8.37. The van der Waals surface area contributed by atoms with Crippen molar-refractivity contribution in [1.29, 1.82) is 0 Å². The molecule has 0 aliphatic heterocycles. The monoisotopic (exact) mass is 389 g/mol. The number of aromatic nitrogens is 1. The Hall–Kier alpha value is -3.22. The van der Waals surface area contributed by atoms with Crippen LogP contribution < -0.4 is 0 Å². The normalized spacial score (nSPS) is 10.8. The molecular weight excluding hydrogens is 374 g/mol. The summed E-state index contributed by atoms with van der Waals surface area (Å²) in [5.41, 5.74) is 1.36. The van der Waals surface area contributed by atoms with E-state index in [0.29, 0.717) is 17.3 Å². The highest BCUT2D eigenvalue weighted by Gasteiger charge is 2.21. The van der Waals surface area contributed by atoms with Crippen LogP contribution in [0.1, 0.15) is 22.8 Å². The number of rotatable bonds is 4. The Morgan fingerprint density at radius 2 is 1.68 bits per heavy atom. The molecule has 1 heterocycles. The van der Waals surface area contributed by atoms with Gasteiger partial charge in [-0.2, -0.15) is 0 Å². The highest BCUT2D eigenvalue weighted by atomic mass is 19.2. The maximum absolute atomic E-state index is 14.3. The smallest absolute Gasteiger partial charge is 0.337 e. The molecular formula is C21H15F4NO2. The molecule has 0 fully saturated rings. The number of methoxy groups -OCH3 is 1. The van der Waals surface area contributed by atoms with Gasteiger partial charge in [0.2, 0.25) is 0 Å². The zero-order chi connectivity index (χ0) is 20.4. The van der Waals surface area contributed by atoms with Crippen LogP contribution in [-0.2, 0) is 11.2 Å². The van der Waals surface area contributed by atoms with Crippen molar-refractivity contribution in [2.24, 2.45) is 0 Å². The first kappa shape index (κ1) is 19.5. The van der Waals surface area contributed by atoms with Crippen molar-refractivity contribution in [3.8, 4) is 22.4 Å². The summed E-state index contributed by atoms with van der Waals surface area (Å²) in [6.07, 6.45) is 2.32. The Kier molecular flexibility index (Phi) is 5.44. The number of esters is 1. The van der Waals surface area contributed by atoms with Crippen molar-refractivity contribution in [1.82, 2.24) is 4.98 Å². The molecule has 0 spiro atoms. The number of aryl methyl sites for hydroxylation is 1. The number of carbonyl (C=O) groups is 1. The van der Waals surface area contributed by atoms with Gasteiger partial charge in [0.05, 0.1) is 18.4 Å². The molecule has 144 valence electrons. The number of pyridine rings is 1. The molecule has 1 aromatic heterocycles. The van der Waals surface area contributed by atoms with Crippen LogP contribution in [0.2, 0.25) is 0 Å². The van der Waals surface area contributed by atoms with Gasteiger partial charge in [0.1, 0.15) is 0 Å². The van der Waals surface area contributed by atoms with Gasteiger partial charge in [0, 0.05) is 17.3 Å². The molecule has 0 amide bonds. The molecule has 0 atom stereocenters. The molecule has 3 aromatic rings. The number of hydrogen-bond donors (Lipinski definition) is 0. The number of halogens is 4. The summed E-state index contributed by atoms with van der Waals surface area (Å²) < 4.78 is 59.6. The molecule has 0 saturated carbocycles. The number of nitrogens with zero attached hydrogens (tertiary/aromatic N) is 1. The van der Waals surface area contributed by atoms with Crippen LogP contribution in [0.25, 0.3) is 22.4 Å². The number of ether oxygens (including phenoxy) is 1. The molecule has 7 heteroatoms. The molecule has 0 unspecified atom stereocenters. The van der Waals surface area contributed by atoms with Gasteiger partial charge in [-0.1, -0.05) is 6.92 Å². The largest absolute Gasteiger partial charge is 0.465 e. The molecule has 3 rings (SSSR count). The minimum absolute atomic E-state index is 0.0168. The van der Waals surface area contributed by atoms with E-state index in [2.05, 4.69) is 4.98 Å². The van der Waals surface area contributed by atoms with E-state index in [-0.39, 0.29) is 11.1 Å². The summed E-state index contributed by atoms with van der Waals surface area (Å²) in [4.78, 5) is 16.3. The fourth-order valence-corrected chi connectivity index (χ4v) is 2.80. The lowest BCUT2D eigenvalue weighted by molar-refractivity contribution is 0.0601. The second-order valence-corrected chi connectivity index (χ2v) is 6.04. The quantitative estimate of drug-likeness (QED) is 0.262. The molecule has 0 saturated heterocycles. The van der Waals surface area contributed by atoms with Crippen molar-refractivity contribution in [3.63, 3.8) is 0 Å². The van der Waals surface area contributed by atoms with Crippen molar-refractivity contribution in [2.45, 2.75) is 13.3 Å². The minimum Gasteiger partial charge on any atom is -0.465 e. The Balaban J connectivity index is 2.26. The lowest BCUT2D eigenvalue weighted by Crippen LogP contribution is -2.04. The van der Waals surface area contributed by atoms with E-state index in [4.69, 9.17) is 4.74 Å². The van der Waals surface area contributed by atoms with Gasteiger partial charge in [0.15, 0.2) is 23.3 Å². The molecule has 0 radical (unpaired) electrons. The standard InChI is InChI=1S/C21H15F4NO2/c1-3-11-4-5-26-17(6-11)13-7-12(8-14(9-13)21(27)28-2)15-10-16(22)19(24)20(25)18(15)23/h4-10H,3H2,1-2H3. The first-order valence-electron chi connectivity index (χ1n) is 8.37. The lowest BCUT2D eigenvalue weighted by Gasteiger charge is -2.11. The predicted octanol–water partition coefficient (Wildman–Crippen LogP) is 5.32. The van der Waals surface area contributed by atoms with Gasteiger partial charge in [0.25, 0.3) is 0 Å². The van der Waals surface area contributed by atoms with Crippen LogP contribution in [0, 0.1) is 23.3 Å². The lowest BCUT2D eigenvalue weighted by atomic mass is 9.96. The zero-order valence-corrected chi connectivity index (χ0v) is 15.0.